The number of benzene rings is 2. The quantitative estimate of drug-likeness (QED) is 0.698. The molecule has 0 unspecified atom stereocenters. The molecular weight excluding hydrogens is 279 g/mol. The molecule has 0 atom stereocenters. The number of halogens is 1. The molecule has 2 aromatic carbocycles. The Morgan fingerprint density at radius 2 is 1.86 bits per heavy atom. The number of oxazole rings is 1. The van der Waals surface area contributed by atoms with Gasteiger partial charge in [0.25, 0.3) is 0 Å². The van der Waals surface area contributed by atoms with Crippen LogP contribution in [0.25, 0.3) is 23.3 Å². The van der Waals surface area contributed by atoms with E-state index < -0.39 is 0 Å². The van der Waals surface area contributed by atoms with Crippen LogP contribution in [0.5, 0.6) is 0 Å². The van der Waals surface area contributed by atoms with Gasteiger partial charge in [-0.2, -0.15) is 0 Å². The average molecular weight is 296 g/mol. The van der Waals surface area contributed by atoms with Crippen LogP contribution < -0.4 is 4.90 Å². The Morgan fingerprint density at radius 1 is 1.09 bits per heavy atom. The second-order valence-corrected chi connectivity index (χ2v) is 5.06. The molecule has 0 aliphatic heterocycles. The lowest BCUT2D eigenvalue weighted by Crippen LogP contribution is -2.19. The van der Waals surface area contributed by atoms with E-state index in [4.69, 9.17) is 4.42 Å². The second kappa shape index (κ2) is 6.43. The number of para-hydroxylation sites is 2. The molecule has 1 heterocycles. The van der Waals surface area contributed by atoms with Crippen molar-refractivity contribution >= 4 is 28.9 Å². The summed E-state index contributed by atoms with van der Waals surface area (Å²) in [5.41, 5.74) is 3.67. The first-order chi connectivity index (χ1) is 10.8. The Kier molecular flexibility index (Phi) is 4.19. The van der Waals surface area contributed by atoms with E-state index >= 15 is 0 Å². The highest BCUT2D eigenvalue weighted by Crippen LogP contribution is 2.18. The van der Waals surface area contributed by atoms with Gasteiger partial charge in [0.05, 0.1) is 0 Å². The third kappa shape index (κ3) is 3.17. The molecule has 0 saturated carbocycles. The van der Waals surface area contributed by atoms with Crippen LogP contribution in [0.4, 0.5) is 10.1 Å². The van der Waals surface area contributed by atoms with E-state index in [9.17, 15) is 4.39 Å². The van der Waals surface area contributed by atoms with Crippen molar-refractivity contribution in [2.24, 2.45) is 0 Å². The SMILES string of the molecule is CN(CCF)c1ccc(/C=C/c2nc3ccccc3o2)cc1. The minimum absolute atomic E-state index is 0.351. The van der Waals surface area contributed by atoms with Crippen LogP contribution in [0, 0.1) is 0 Å². The number of anilines is 1. The first kappa shape index (κ1) is 14.3. The maximum Gasteiger partial charge on any atom is 0.220 e. The number of fused-ring (bicyclic) bond motifs is 1. The normalized spacial score (nSPS) is 11.4. The predicted molar refractivity (Wildman–Crippen MR) is 88.6 cm³/mol. The summed E-state index contributed by atoms with van der Waals surface area (Å²) < 4.78 is 18.0. The first-order valence-electron chi connectivity index (χ1n) is 7.17. The molecular formula is C18H17FN2O. The summed E-state index contributed by atoms with van der Waals surface area (Å²) >= 11 is 0. The number of nitrogens with zero attached hydrogens (tertiary/aromatic N) is 2. The maximum absolute atomic E-state index is 12.3. The molecule has 0 amide bonds. The smallest absolute Gasteiger partial charge is 0.220 e. The predicted octanol–water partition coefficient (Wildman–Crippen LogP) is 4.40. The molecule has 0 bridgehead atoms. The van der Waals surface area contributed by atoms with Crippen LogP contribution in [0.1, 0.15) is 11.5 Å². The Hall–Kier alpha value is -2.62. The van der Waals surface area contributed by atoms with Crippen molar-refractivity contribution in [1.82, 2.24) is 4.98 Å². The number of rotatable bonds is 5. The Balaban J connectivity index is 1.74. The lowest BCUT2D eigenvalue weighted by atomic mass is 10.2. The zero-order chi connectivity index (χ0) is 15.4. The van der Waals surface area contributed by atoms with Crippen molar-refractivity contribution in [3.05, 3.63) is 60.0 Å². The molecule has 0 spiro atoms. The van der Waals surface area contributed by atoms with Gasteiger partial charge in [0, 0.05) is 25.4 Å². The highest BCUT2D eigenvalue weighted by atomic mass is 19.1. The van der Waals surface area contributed by atoms with E-state index in [-0.39, 0.29) is 6.67 Å². The Morgan fingerprint density at radius 3 is 2.59 bits per heavy atom. The number of aromatic nitrogens is 1. The summed E-state index contributed by atoms with van der Waals surface area (Å²) in [6.07, 6.45) is 3.80. The fourth-order valence-corrected chi connectivity index (χ4v) is 2.22. The molecule has 0 aliphatic rings. The van der Waals surface area contributed by atoms with E-state index in [2.05, 4.69) is 4.98 Å². The molecule has 3 nitrogen and oxygen atoms in total. The summed E-state index contributed by atoms with van der Waals surface area (Å²) in [6.45, 7) is 0.0496. The summed E-state index contributed by atoms with van der Waals surface area (Å²) in [6, 6.07) is 15.6. The van der Waals surface area contributed by atoms with E-state index in [1.54, 1.807) is 0 Å². The van der Waals surface area contributed by atoms with Gasteiger partial charge in [-0.3, -0.25) is 0 Å². The highest BCUT2D eigenvalue weighted by molar-refractivity contribution is 5.76. The minimum atomic E-state index is -0.351. The van der Waals surface area contributed by atoms with E-state index in [1.165, 1.54) is 0 Å². The van der Waals surface area contributed by atoms with E-state index in [0.29, 0.717) is 12.4 Å². The molecule has 112 valence electrons. The van der Waals surface area contributed by atoms with Gasteiger partial charge in [-0.05, 0) is 35.9 Å². The molecule has 4 heteroatoms. The summed E-state index contributed by atoms with van der Waals surface area (Å²) in [4.78, 5) is 6.28. The number of hydrogen-bond donors (Lipinski definition) is 0. The average Bonchev–Trinajstić information content (AvgIpc) is 2.96. The van der Waals surface area contributed by atoms with E-state index in [0.717, 1.165) is 22.4 Å². The number of hydrogen-bond acceptors (Lipinski definition) is 3. The van der Waals surface area contributed by atoms with Gasteiger partial charge >= 0.3 is 0 Å². The molecule has 0 N–H and O–H groups in total. The topological polar surface area (TPSA) is 29.3 Å². The van der Waals surface area contributed by atoms with Crippen molar-refractivity contribution in [1.29, 1.82) is 0 Å². The van der Waals surface area contributed by atoms with Gasteiger partial charge in [-0.1, -0.05) is 24.3 Å². The molecule has 0 saturated heterocycles. The lowest BCUT2D eigenvalue weighted by Gasteiger charge is -2.17. The van der Waals surface area contributed by atoms with Crippen LogP contribution in [0.15, 0.2) is 52.9 Å². The van der Waals surface area contributed by atoms with Gasteiger partial charge < -0.3 is 9.32 Å². The van der Waals surface area contributed by atoms with Gasteiger partial charge in [0.2, 0.25) is 5.89 Å². The van der Waals surface area contributed by atoms with Crippen LogP contribution in [-0.4, -0.2) is 25.3 Å². The highest BCUT2D eigenvalue weighted by Gasteiger charge is 2.02. The summed E-state index contributed by atoms with van der Waals surface area (Å²) in [5.74, 6) is 0.583. The van der Waals surface area contributed by atoms with Crippen molar-refractivity contribution < 1.29 is 8.81 Å². The minimum Gasteiger partial charge on any atom is -0.437 e. The zero-order valence-corrected chi connectivity index (χ0v) is 12.4. The molecule has 3 rings (SSSR count). The third-order valence-corrected chi connectivity index (χ3v) is 3.48. The van der Waals surface area contributed by atoms with Crippen molar-refractivity contribution in [2.45, 2.75) is 0 Å². The Bertz CT molecular complexity index is 744. The second-order valence-electron chi connectivity index (χ2n) is 5.06. The lowest BCUT2D eigenvalue weighted by molar-refractivity contribution is 0.497. The van der Waals surface area contributed by atoms with Crippen LogP contribution in [0.3, 0.4) is 0 Å². The Labute approximate surface area is 128 Å². The van der Waals surface area contributed by atoms with Crippen molar-refractivity contribution in [3.63, 3.8) is 0 Å². The zero-order valence-electron chi connectivity index (χ0n) is 12.4. The largest absolute Gasteiger partial charge is 0.437 e. The fourth-order valence-electron chi connectivity index (χ4n) is 2.22. The molecule has 0 aliphatic carbocycles. The fraction of sp³-hybridized carbons (Fsp3) is 0.167. The molecule has 0 fully saturated rings. The van der Waals surface area contributed by atoms with Crippen molar-refractivity contribution in [2.75, 3.05) is 25.2 Å². The monoisotopic (exact) mass is 296 g/mol. The van der Waals surface area contributed by atoms with Gasteiger partial charge in [0.1, 0.15) is 12.2 Å². The molecule has 22 heavy (non-hydrogen) atoms. The molecule has 1 aromatic heterocycles. The third-order valence-electron chi connectivity index (χ3n) is 3.48. The van der Waals surface area contributed by atoms with Gasteiger partial charge in [0.15, 0.2) is 5.58 Å². The molecule has 0 radical (unpaired) electrons. The van der Waals surface area contributed by atoms with Gasteiger partial charge in [-0.15, -0.1) is 0 Å². The number of alkyl halides is 1. The molecule has 3 aromatic rings. The van der Waals surface area contributed by atoms with Crippen LogP contribution >= 0.6 is 0 Å². The van der Waals surface area contributed by atoms with Crippen LogP contribution in [0.2, 0.25) is 0 Å². The summed E-state index contributed by atoms with van der Waals surface area (Å²) in [5, 5.41) is 0. The van der Waals surface area contributed by atoms with E-state index in [1.807, 2.05) is 72.6 Å². The van der Waals surface area contributed by atoms with Crippen molar-refractivity contribution in [3.8, 4) is 0 Å². The standard InChI is InChI=1S/C18H17FN2O/c1-21(13-12-19)15-9-6-14(7-10-15)8-11-18-20-16-4-2-3-5-17(16)22-18/h2-11H,12-13H2,1H3/b11-8+. The summed E-state index contributed by atoms with van der Waals surface area (Å²) in [7, 11) is 1.88. The van der Waals surface area contributed by atoms with Gasteiger partial charge in [-0.25, -0.2) is 9.37 Å². The first-order valence-corrected chi connectivity index (χ1v) is 7.17. The maximum atomic E-state index is 12.3. The van der Waals surface area contributed by atoms with Crippen LogP contribution in [-0.2, 0) is 0 Å².